The van der Waals surface area contributed by atoms with Gasteiger partial charge in [0.2, 0.25) is 0 Å². The second-order valence-corrected chi connectivity index (χ2v) is 7.68. The van der Waals surface area contributed by atoms with Crippen LogP contribution in [0.15, 0.2) is 0 Å². The van der Waals surface area contributed by atoms with E-state index in [2.05, 4.69) is 41.5 Å². The van der Waals surface area contributed by atoms with Gasteiger partial charge in [-0.05, 0) is 47.3 Å². The maximum Gasteiger partial charge on any atom is -0.0202 e. The molecule has 100 valence electrons. The highest BCUT2D eigenvalue weighted by molar-refractivity contribution is 5.29. The molecule has 0 heterocycles. The minimum atomic E-state index is 0.721. The summed E-state index contributed by atoms with van der Waals surface area (Å²) < 4.78 is 0. The summed E-state index contributed by atoms with van der Waals surface area (Å²) in [5, 5.41) is 0. The monoisotopic (exact) mass is 236 g/mol. The topological polar surface area (TPSA) is 0 Å². The van der Waals surface area contributed by atoms with Gasteiger partial charge in [-0.2, -0.15) is 0 Å². The summed E-state index contributed by atoms with van der Waals surface area (Å²) in [6, 6.07) is 0. The van der Waals surface area contributed by atoms with E-state index < -0.39 is 0 Å². The molecule has 0 aromatic rings. The SMILES string of the molecule is CCC12CC(C)C1(C)C2C(C)CCCC(C)C. The van der Waals surface area contributed by atoms with Crippen LogP contribution in [-0.2, 0) is 0 Å². The number of hydrogen-bond acceptors (Lipinski definition) is 0. The summed E-state index contributed by atoms with van der Waals surface area (Å²) in [5.74, 6) is 3.87. The van der Waals surface area contributed by atoms with Gasteiger partial charge in [-0.3, -0.25) is 0 Å². The smallest absolute Gasteiger partial charge is 0.0202 e. The van der Waals surface area contributed by atoms with Crippen molar-refractivity contribution in [2.75, 3.05) is 0 Å². The van der Waals surface area contributed by atoms with Crippen molar-refractivity contribution in [3.63, 3.8) is 0 Å². The summed E-state index contributed by atoms with van der Waals surface area (Å²) >= 11 is 0. The van der Waals surface area contributed by atoms with Crippen molar-refractivity contribution in [2.45, 2.75) is 73.6 Å². The predicted molar refractivity (Wildman–Crippen MR) is 76.0 cm³/mol. The van der Waals surface area contributed by atoms with Gasteiger partial charge >= 0.3 is 0 Å². The van der Waals surface area contributed by atoms with E-state index in [0.29, 0.717) is 0 Å². The van der Waals surface area contributed by atoms with E-state index in [9.17, 15) is 0 Å². The van der Waals surface area contributed by atoms with Crippen LogP contribution >= 0.6 is 0 Å². The molecule has 0 N–H and O–H groups in total. The van der Waals surface area contributed by atoms with Crippen LogP contribution < -0.4 is 0 Å². The van der Waals surface area contributed by atoms with Crippen molar-refractivity contribution in [3.8, 4) is 0 Å². The fraction of sp³-hybridized carbons (Fsp3) is 1.00. The summed E-state index contributed by atoms with van der Waals surface area (Å²) in [6.45, 7) is 14.7. The third-order valence-corrected chi connectivity index (χ3v) is 6.57. The van der Waals surface area contributed by atoms with Gasteiger partial charge in [-0.15, -0.1) is 0 Å². The Labute approximate surface area is 109 Å². The average molecular weight is 236 g/mol. The zero-order chi connectivity index (χ0) is 12.8. The lowest BCUT2D eigenvalue weighted by Crippen LogP contribution is -2.31. The maximum absolute atomic E-state index is 2.58. The van der Waals surface area contributed by atoms with Crippen molar-refractivity contribution >= 4 is 0 Å². The molecule has 0 spiro atoms. The molecule has 0 nitrogen and oxygen atoms in total. The predicted octanol–water partition coefficient (Wildman–Crippen LogP) is 5.52. The largest absolute Gasteiger partial charge is 0.0648 e. The Kier molecular flexibility index (Phi) is 3.38. The van der Waals surface area contributed by atoms with Gasteiger partial charge in [-0.1, -0.05) is 60.8 Å². The molecule has 0 radical (unpaired) electrons. The molecule has 5 atom stereocenters. The Morgan fingerprint density at radius 3 is 2.24 bits per heavy atom. The van der Waals surface area contributed by atoms with Crippen LogP contribution in [0.25, 0.3) is 0 Å². The zero-order valence-corrected chi connectivity index (χ0v) is 12.8. The van der Waals surface area contributed by atoms with Crippen LogP contribution in [-0.4, -0.2) is 0 Å². The molecule has 2 rings (SSSR count). The lowest BCUT2D eigenvalue weighted by Gasteiger charge is -2.39. The molecule has 0 heteroatoms. The highest BCUT2D eigenvalue weighted by Crippen LogP contribution is 2.87. The van der Waals surface area contributed by atoms with Crippen LogP contribution in [0.1, 0.15) is 73.6 Å². The number of rotatable bonds is 6. The van der Waals surface area contributed by atoms with Crippen LogP contribution in [0.4, 0.5) is 0 Å². The van der Waals surface area contributed by atoms with Gasteiger partial charge in [0.15, 0.2) is 0 Å². The molecule has 2 fully saturated rings. The summed E-state index contributed by atoms with van der Waals surface area (Å²) in [6.07, 6.45) is 7.27. The first kappa shape index (κ1) is 13.4. The third-order valence-electron chi connectivity index (χ3n) is 6.57. The highest BCUT2D eigenvalue weighted by Gasteiger charge is 2.81. The van der Waals surface area contributed by atoms with Crippen molar-refractivity contribution in [1.82, 2.24) is 0 Å². The van der Waals surface area contributed by atoms with E-state index in [1.165, 1.54) is 32.1 Å². The molecule has 0 aromatic heterocycles. The molecule has 0 amide bonds. The van der Waals surface area contributed by atoms with E-state index in [4.69, 9.17) is 0 Å². The Hall–Kier alpha value is 0. The third kappa shape index (κ3) is 1.70. The first-order valence-electron chi connectivity index (χ1n) is 7.90. The summed E-state index contributed by atoms with van der Waals surface area (Å²) in [7, 11) is 0. The van der Waals surface area contributed by atoms with Gasteiger partial charge in [0.05, 0.1) is 0 Å². The van der Waals surface area contributed by atoms with Gasteiger partial charge in [0.1, 0.15) is 0 Å². The first-order chi connectivity index (χ1) is 7.90. The molecular formula is C17H32. The number of fused-ring (bicyclic) bond motifs is 1. The van der Waals surface area contributed by atoms with Crippen molar-refractivity contribution in [2.24, 2.45) is 34.5 Å². The normalized spacial score (nSPS) is 45.4. The van der Waals surface area contributed by atoms with Crippen LogP contribution in [0, 0.1) is 34.5 Å². The molecule has 2 aliphatic carbocycles. The standard InChI is InChI=1S/C17H32/c1-7-17-11-14(5)16(17,6)15(17)13(4)10-8-9-12(2)3/h12-15H,7-11H2,1-6H3. The number of hydrogen-bond donors (Lipinski definition) is 0. The van der Waals surface area contributed by atoms with Crippen molar-refractivity contribution < 1.29 is 0 Å². The molecule has 17 heavy (non-hydrogen) atoms. The molecular weight excluding hydrogens is 204 g/mol. The second-order valence-electron chi connectivity index (χ2n) is 7.68. The van der Waals surface area contributed by atoms with Gasteiger partial charge < -0.3 is 0 Å². The average Bonchev–Trinajstić information content (AvgIpc) is 2.71. The first-order valence-corrected chi connectivity index (χ1v) is 7.90. The summed E-state index contributed by atoms with van der Waals surface area (Å²) in [5.41, 5.74) is 1.49. The van der Waals surface area contributed by atoms with E-state index in [-0.39, 0.29) is 0 Å². The molecule has 0 saturated heterocycles. The highest BCUT2D eigenvalue weighted by atomic mass is 14.9. The van der Waals surface area contributed by atoms with Crippen molar-refractivity contribution in [1.29, 1.82) is 0 Å². The van der Waals surface area contributed by atoms with Crippen LogP contribution in [0.2, 0.25) is 0 Å². The molecule has 0 aromatic carbocycles. The van der Waals surface area contributed by atoms with Crippen LogP contribution in [0.3, 0.4) is 0 Å². The Morgan fingerprint density at radius 1 is 1.18 bits per heavy atom. The molecule has 5 unspecified atom stereocenters. The Balaban J connectivity index is 1.87. The fourth-order valence-electron chi connectivity index (χ4n) is 5.50. The van der Waals surface area contributed by atoms with E-state index >= 15 is 0 Å². The van der Waals surface area contributed by atoms with E-state index in [0.717, 1.165) is 34.5 Å². The fourth-order valence-corrected chi connectivity index (χ4v) is 5.50. The Morgan fingerprint density at radius 2 is 1.82 bits per heavy atom. The van der Waals surface area contributed by atoms with Crippen LogP contribution in [0.5, 0.6) is 0 Å². The van der Waals surface area contributed by atoms with Gasteiger partial charge in [0, 0.05) is 0 Å². The molecule has 2 saturated carbocycles. The van der Waals surface area contributed by atoms with Gasteiger partial charge in [-0.25, -0.2) is 0 Å². The molecule has 2 aliphatic rings. The molecule has 0 aliphatic heterocycles. The van der Waals surface area contributed by atoms with Crippen molar-refractivity contribution in [3.05, 3.63) is 0 Å². The lowest BCUT2D eigenvalue weighted by atomic mass is 9.66. The molecule has 0 bridgehead atoms. The van der Waals surface area contributed by atoms with E-state index in [1.54, 1.807) is 0 Å². The lowest BCUT2D eigenvalue weighted by molar-refractivity contribution is 0.0997. The summed E-state index contributed by atoms with van der Waals surface area (Å²) in [4.78, 5) is 0. The minimum absolute atomic E-state index is 0.721. The minimum Gasteiger partial charge on any atom is -0.0648 e. The quantitative estimate of drug-likeness (QED) is 0.569. The van der Waals surface area contributed by atoms with E-state index in [1.807, 2.05) is 0 Å². The maximum atomic E-state index is 2.58. The van der Waals surface area contributed by atoms with Gasteiger partial charge in [0.25, 0.3) is 0 Å². The second kappa shape index (κ2) is 4.28. The zero-order valence-electron chi connectivity index (χ0n) is 12.8. The Bertz CT molecular complexity index is 276.